The summed E-state index contributed by atoms with van der Waals surface area (Å²) in [7, 11) is 0. The normalized spacial score (nSPS) is 14.2. The molecule has 1 aliphatic heterocycles. The maximum Gasteiger partial charge on any atom is 0.314 e. The van der Waals surface area contributed by atoms with Crippen molar-refractivity contribution in [3.63, 3.8) is 0 Å². The smallest absolute Gasteiger partial charge is 0.314 e. The molecule has 0 radical (unpaired) electrons. The number of aromatic nitrogens is 2. The molecule has 0 atom stereocenters. The summed E-state index contributed by atoms with van der Waals surface area (Å²) in [6.07, 6.45) is 0.778. The number of alkyl halides is 2. The van der Waals surface area contributed by atoms with Gasteiger partial charge in [0.05, 0.1) is 6.54 Å². The van der Waals surface area contributed by atoms with Crippen molar-refractivity contribution in [2.75, 3.05) is 18.0 Å². The van der Waals surface area contributed by atoms with Gasteiger partial charge in [0.1, 0.15) is 0 Å². The largest absolute Gasteiger partial charge is 0.415 e. The topological polar surface area (TPSA) is 45.4 Å². The zero-order valence-corrected chi connectivity index (χ0v) is 17.2. The maximum atomic E-state index is 12.7. The molecule has 0 N–H and O–H groups in total. The van der Waals surface area contributed by atoms with E-state index in [0.717, 1.165) is 42.3 Å². The third-order valence-electron chi connectivity index (χ3n) is 5.09. The van der Waals surface area contributed by atoms with Gasteiger partial charge in [-0.1, -0.05) is 30.3 Å². The van der Waals surface area contributed by atoms with E-state index in [9.17, 15) is 8.78 Å². The minimum atomic E-state index is -2.78. The molecule has 0 spiro atoms. The Labute approximate surface area is 179 Å². The summed E-state index contributed by atoms with van der Waals surface area (Å²) >= 11 is 5.85. The van der Waals surface area contributed by atoms with Gasteiger partial charge >= 0.3 is 6.43 Å². The Kier molecular flexibility index (Phi) is 6.32. The molecular weight excluding hydrogens is 406 g/mol. The SMILES string of the molecule is FC(F)c1nnc(-c2ccc(CN(C(=S)N3CCCCC3)c3ccccc3)cc2)o1. The number of halogens is 2. The monoisotopic (exact) mass is 428 g/mol. The van der Waals surface area contributed by atoms with Gasteiger partial charge in [0.15, 0.2) is 5.11 Å². The summed E-state index contributed by atoms with van der Waals surface area (Å²) in [6.45, 7) is 2.56. The van der Waals surface area contributed by atoms with Gasteiger partial charge in [0.25, 0.3) is 5.89 Å². The minimum absolute atomic E-state index is 0.0839. The highest BCUT2D eigenvalue weighted by atomic mass is 32.1. The third-order valence-corrected chi connectivity index (χ3v) is 5.57. The van der Waals surface area contributed by atoms with E-state index in [1.165, 1.54) is 6.42 Å². The molecule has 156 valence electrons. The lowest BCUT2D eigenvalue weighted by atomic mass is 10.1. The van der Waals surface area contributed by atoms with Crippen LogP contribution in [-0.2, 0) is 6.54 Å². The number of piperidine rings is 1. The van der Waals surface area contributed by atoms with E-state index in [-0.39, 0.29) is 5.89 Å². The highest BCUT2D eigenvalue weighted by Gasteiger charge is 2.21. The van der Waals surface area contributed by atoms with Crippen LogP contribution in [0.4, 0.5) is 14.5 Å². The van der Waals surface area contributed by atoms with E-state index < -0.39 is 12.3 Å². The molecule has 1 aliphatic rings. The molecule has 0 amide bonds. The number of nitrogens with zero attached hydrogens (tertiary/aromatic N) is 4. The number of para-hydroxylation sites is 1. The lowest BCUT2D eigenvalue weighted by Gasteiger charge is -2.36. The second-order valence-corrected chi connectivity index (χ2v) is 7.56. The Bertz CT molecular complexity index is 972. The van der Waals surface area contributed by atoms with E-state index in [4.69, 9.17) is 16.6 Å². The van der Waals surface area contributed by atoms with E-state index in [1.54, 1.807) is 12.1 Å². The fraction of sp³-hybridized carbons (Fsp3) is 0.318. The second kappa shape index (κ2) is 9.30. The van der Waals surface area contributed by atoms with E-state index >= 15 is 0 Å². The average Bonchev–Trinajstić information content (AvgIpc) is 3.29. The number of hydrogen-bond acceptors (Lipinski definition) is 4. The molecule has 0 bridgehead atoms. The standard InChI is InChI=1S/C22H22F2N4OS/c23-19(24)21-26-25-20(29-21)17-11-9-16(10-12-17)15-28(18-7-3-1-4-8-18)22(30)27-13-5-2-6-14-27/h1,3-4,7-12,19H,2,5-6,13-15H2. The van der Waals surface area contributed by atoms with Crippen LogP contribution in [0.25, 0.3) is 11.5 Å². The van der Waals surface area contributed by atoms with Crippen molar-refractivity contribution in [2.45, 2.75) is 32.2 Å². The molecule has 0 saturated carbocycles. The van der Waals surface area contributed by atoms with Crippen LogP contribution in [0.2, 0.25) is 0 Å². The molecule has 2 heterocycles. The Balaban J connectivity index is 1.54. The van der Waals surface area contributed by atoms with Crippen LogP contribution in [0.5, 0.6) is 0 Å². The first-order valence-electron chi connectivity index (χ1n) is 9.94. The Morgan fingerprint density at radius 3 is 2.33 bits per heavy atom. The summed E-state index contributed by atoms with van der Waals surface area (Å²) in [5.41, 5.74) is 2.68. The Morgan fingerprint density at radius 2 is 1.70 bits per heavy atom. The zero-order valence-electron chi connectivity index (χ0n) is 16.4. The number of hydrogen-bond donors (Lipinski definition) is 0. The van der Waals surface area contributed by atoms with Gasteiger partial charge in [-0.15, -0.1) is 10.2 Å². The van der Waals surface area contributed by atoms with Gasteiger partial charge in [-0.2, -0.15) is 8.78 Å². The van der Waals surface area contributed by atoms with Crippen molar-refractivity contribution < 1.29 is 13.2 Å². The van der Waals surface area contributed by atoms with Gasteiger partial charge < -0.3 is 14.2 Å². The minimum Gasteiger partial charge on any atom is -0.415 e. The molecule has 0 aliphatic carbocycles. The predicted octanol–water partition coefficient (Wildman–Crippen LogP) is 5.45. The first-order chi connectivity index (χ1) is 14.6. The summed E-state index contributed by atoms with van der Waals surface area (Å²) in [4.78, 5) is 4.40. The number of rotatable bonds is 5. The maximum absolute atomic E-state index is 12.7. The fourth-order valence-corrected chi connectivity index (χ4v) is 3.86. The average molecular weight is 429 g/mol. The fourth-order valence-electron chi connectivity index (χ4n) is 3.51. The van der Waals surface area contributed by atoms with Crippen LogP contribution in [0.3, 0.4) is 0 Å². The number of benzene rings is 2. The van der Waals surface area contributed by atoms with Crippen molar-refractivity contribution in [2.24, 2.45) is 0 Å². The molecule has 1 saturated heterocycles. The van der Waals surface area contributed by atoms with Crippen molar-refractivity contribution >= 4 is 23.0 Å². The van der Waals surface area contributed by atoms with Crippen molar-refractivity contribution in [3.8, 4) is 11.5 Å². The highest BCUT2D eigenvalue weighted by Crippen LogP contribution is 2.25. The van der Waals surface area contributed by atoms with Gasteiger partial charge in [-0.05, 0) is 61.3 Å². The van der Waals surface area contributed by atoms with Crippen LogP contribution in [-0.4, -0.2) is 33.3 Å². The van der Waals surface area contributed by atoms with Crippen molar-refractivity contribution in [1.29, 1.82) is 0 Å². The molecule has 30 heavy (non-hydrogen) atoms. The van der Waals surface area contributed by atoms with Crippen LogP contribution in [0.15, 0.2) is 59.0 Å². The molecular formula is C22H22F2N4OS. The van der Waals surface area contributed by atoms with Gasteiger partial charge in [0.2, 0.25) is 5.89 Å². The summed E-state index contributed by atoms with van der Waals surface area (Å²) in [5.74, 6) is -0.586. The molecule has 0 unspecified atom stereocenters. The Morgan fingerprint density at radius 1 is 1.00 bits per heavy atom. The molecule has 1 aromatic heterocycles. The van der Waals surface area contributed by atoms with Crippen molar-refractivity contribution in [3.05, 3.63) is 66.1 Å². The Hall–Kier alpha value is -2.87. The summed E-state index contributed by atoms with van der Waals surface area (Å²) in [5, 5.41) is 7.90. The van der Waals surface area contributed by atoms with E-state index in [2.05, 4.69) is 32.1 Å². The number of thiocarbonyl (C=S) groups is 1. The molecule has 2 aromatic carbocycles. The van der Waals surface area contributed by atoms with Crippen molar-refractivity contribution in [1.82, 2.24) is 15.1 Å². The second-order valence-electron chi connectivity index (χ2n) is 7.20. The number of likely N-dealkylation sites (tertiary alicyclic amines) is 1. The van der Waals surface area contributed by atoms with Gasteiger partial charge in [-0.3, -0.25) is 0 Å². The molecule has 5 nitrogen and oxygen atoms in total. The van der Waals surface area contributed by atoms with Crippen LogP contribution in [0, 0.1) is 0 Å². The molecule has 8 heteroatoms. The summed E-state index contributed by atoms with van der Waals surface area (Å²) < 4.78 is 30.4. The van der Waals surface area contributed by atoms with E-state index in [1.807, 2.05) is 30.3 Å². The molecule has 3 aromatic rings. The molecule has 1 fully saturated rings. The highest BCUT2D eigenvalue weighted by molar-refractivity contribution is 7.80. The quantitative estimate of drug-likeness (QED) is 0.504. The van der Waals surface area contributed by atoms with Crippen LogP contribution >= 0.6 is 12.2 Å². The van der Waals surface area contributed by atoms with Gasteiger partial charge in [0, 0.05) is 24.3 Å². The lowest BCUT2D eigenvalue weighted by molar-refractivity contribution is 0.116. The van der Waals surface area contributed by atoms with Gasteiger partial charge in [-0.25, -0.2) is 0 Å². The zero-order chi connectivity index (χ0) is 20.9. The summed E-state index contributed by atoms with van der Waals surface area (Å²) in [6, 6.07) is 17.5. The van der Waals surface area contributed by atoms with E-state index in [0.29, 0.717) is 12.1 Å². The van der Waals surface area contributed by atoms with Crippen LogP contribution < -0.4 is 4.90 Å². The first-order valence-corrected chi connectivity index (χ1v) is 10.3. The van der Waals surface area contributed by atoms with Crippen LogP contribution in [0.1, 0.15) is 37.1 Å². The molecule has 4 rings (SSSR count). The first kappa shape index (κ1) is 20.4. The predicted molar refractivity (Wildman–Crippen MR) is 115 cm³/mol. The third kappa shape index (κ3) is 4.64. The number of anilines is 1. The lowest BCUT2D eigenvalue weighted by Crippen LogP contribution is -2.45.